The fraction of sp³-hybridized carbons (Fsp3) is 0.417. The Morgan fingerprint density at radius 3 is 2.40 bits per heavy atom. The molecule has 0 unspecified atom stereocenters. The highest BCUT2D eigenvalue weighted by Crippen LogP contribution is 2.03. The summed E-state index contributed by atoms with van der Waals surface area (Å²) in [5, 5.41) is 8.84. The summed E-state index contributed by atoms with van der Waals surface area (Å²) < 4.78 is 35.0. The molecular weight excluding hydrogens is 286 g/mol. The lowest BCUT2D eigenvalue weighted by molar-refractivity contribution is 0.0907. The number of aliphatic hydroxyl groups excluding tert-OH is 1. The van der Waals surface area contributed by atoms with Crippen molar-refractivity contribution in [3.8, 4) is 0 Å². The second-order valence-electron chi connectivity index (χ2n) is 4.04. The molecule has 0 aliphatic heterocycles. The summed E-state index contributed by atoms with van der Waals surface area (Å²) >= 11 is 0. The molecule has 0 fully saturated rings. The molecule has 2 N–H and O–H groups in total. The number of hydrogen-bond acceptors (Lipinski definition) is 5. The van der Waals surface area contributed by atoms with Crippen LogP contribution < -0.4 is 0 Å². The number of benzene rings is 1. The van der Waals surface area contributed by atoms with Gasteiger partial charge in [0.05, 0.1) is 12.4 Å². The molecule has 0 saturated carbocycles. The molecule has 0 atom stereocenters. The molecule has 1 amide bonds. The number of carbonyl (C=O) groups excluding carboxylic acids is 1. The van der Waals surface area contributed by atoms with Crippen LogP contribution in [0.3, 0.4) is 0 Å². The lowest BCUT2D eigenvalue weighted by Gasteiger charge is -2.20. The van der Waals surface area contributed by atoms with Gasteiger partial charge in [-0.1, -0.05) is 30.3 Å². The van der Waals surface area contributed by atoms with Crippen LogP contribution in [0, 0.1) is 0 Å². The first-order valence-electron chi connectivity index (χ1n) is 5.94. The smallest absolute Gasteiger partial charge is 0.410 e. The van der Waals surface area contributed by atoms with Crippen molar-refractivity contribution in [2.24, 2.45) is 0 Å². The van der Waals surface area contributed by atoms with Crippen molar-refractivity contribution < 1.29 is 27.6 Å². The van der Waals surface area contributed by atoms with E-state index in [9.17, 15) is 13.2 Å². The Bertz CT molecular complexity index is 516. The number of nitrogens with zero attached hydrogens (tertiary/aromatic N) is 1. The van der Waals surface area contributed by atoms with Crippen molar-refractivity contribution in [2.45, 2.75) is 6.61 Å². The van der Waals surface area contributed by atoms with Crippen LogP contribution in [0.25, 0.3) is 0 Å². The van der Waals surface area contributed by atoms with Gasteiger partial charge in [-0.15, -0.1) is 0 Å². The van der Waals surface area contributed by atoms with E-state index in [1.165, 1.54) is 0 Å². The first-order chi connectivity index (χ1) is 9.42. The van der Waals surface area contributed by atoms with Gasteiger partial charge < -0.3 is 14.7 Å². The Morgan fingerprint density at radius 1 is 1.20 bits per heavy atom. The SMILES string of the molecule is O=C(OCc1ccccc1)N(CCO)CCS(=O)(=O)O. The number of rotatable bonds is 7. The number of aliphatic hydroxyl groups is 1. The fourth-order valence-corrected chi connectivity index (χ4v) is 1.90. The summed E-state index contributed by atoms with van der Waals surface area (Å²) in [7, 11) is -4.17. The zero-order valence-corrected chi connectivity index (χ0v) is 11.6. The van der Waals surface area contributed by atoms with E-state index in [0.717, 1.165) is 10.5 Å². The lowest BCUT2D eigenvalue weighted by Crippen LogP contribution is -2.37. The zero-order chi connectivity index (χ0) is 15.0. The Kier molecular flexibility index (Phi) is 6.43. The average Bonchev–Trinajstić information content (AvgIpc) is 2.41. The Morgan fingerprint density at radius 2 is 1.85 bits per heavy atom. The van der Waals surface area contributed by atoms with Crippen LogP contribution >= 0.6 is 0 Å². The van der Waals surface area contributed by atoms with Crippen LogP contribution in [0.2, 0.25) is 0 Å². The number of carbonyl (C=O) groups is 1. The molecular formula is C12H17NO6S. The molecule has 1 rings (SSSR count). The Balaban J connectivity index is 2.51. The van der Waals surface area contributed by atoms with E-state index in [4.69, 9.17) is 14.4 Å². The highest BCUT2D eigenvalue weighted by atomic mass is 32.2. The molecule has 0 aliphatic rings. The van der Waals surface area contributed by atoms with Crippen molar-refractivity contribution in [3.63, 3.8) is 0 Å². The maximum atomic E-state index is 11.7. The molecule has 0 aliphatic carbocycles. The summed E-state index contributed by atoms with van der Waals surface area (Å²) in [6.45, 7) is -0.588. The number of hydrogen-bond donors (Lipinski definition) is 2. The van der Waals surface area contributed by atoms with Gasteiger partial charge in [-0.2, -0.15) is 8.42 Å². The maximum absolute atomic E-state index is 11.7. The molecule has 8 heteroatoms. The van der Waals surface area contributed by atoms with Crippen LogP contribution in [-0.4, -0.2) is 54.5 Å². The van der Waals surface area contributed by atoms with E-state index >= 15 is 0 Å². The van der Waals surface area contributed by atoms with Crippen LogP contribution in [0.15, 0.2) is 30.3 Å². The summed E-state index contributed by atoms with van der Waals surface area (Å²) in [5.74, 6) is -0.604. The van der Waals surface area contributed by atoms with Crippen LogP contribution in [-0.2, 0) is 21.5 Å². The molecule has 0 spiro atoms. The quantitative estimate of drug-likeness (QED) is 0.711. The average molecular weight is 303 g/mol. The van der Waals surface area contributed by atoms with Crippen LogP contribution in [0.4, 0.5) is 4.79 Å². The van der Waals surface area contributed by atoms with E-state index in [1.807, 2.05) is 6.07 Å². The molecule has 7 nitrogen and oxygen atoms in total. The van der Waals surface area contributed by atoms with E-state index in [2.05, 4.69) is 0 Å². The molecule has 112 valence electrons. The van der Waals surface area contributed by atoms with Crippen molar-refractivity contribution >= 4 is 16.2 Å². The highest BCUT2D eigenvalue weighted by molar-refractivity contribution is 7.85. The first kappa shape index (κ1) is 16.4. The molecule has 0 aromatic heterocycles. The van der Waals surface area contributed by atoms with E-state index < -0.39 is 22.0 Å². The standard InChI is InChI=1S/C12H17NO6S/c14-8-6-13(7-9-20(16,17)18)12(15)19-10-11-4-2-1-3-5-11/h1-5,14H,6-10H2,(H,16,17,18). The van der Waals surface area contributed by atoms with Crippen LogP contribution in [0.5, 0.6) is 0 Å². The number of amides is 1. The molecule has 0 radical (unpaired) electrons. The van der Waals surface area contributed by atoms with Gasteiger partial charge in [-0.3, -0.25) is 4.55 Å². The van der Waals surface area contributed by atoms with E-state index in [-0.39, 0.29) is 26.3 Å². The Hall–Kier alpha value is -1.64. The zero-order valence-electron chi connectivity index (χ0n) is 10.8. The van der Waals surface area contributed by atoms with Gasteiger partial charge in [0.2, 0.25) is 0 Å². The van der Waals surface area contributed by atoms with E-state index in [1.54, 1.807) is 24.3 Å². The predicted molar refractivity (Wildman–Crippen MR) is 71.7 cm³/mol. The lowest BCUT2D eigenvalue weighted by atomic mass is 10.2. The van der Waals surface area contributed by atoms with Crippen molar-refractivity contribution in [2.75, 3.05) is 25.4 Å². The van der Waals surface area contributed by atoms with Gasteiger partial charge in [0.25, 0.3) is 10.1 Å². The van der Waals surface area contributed by atoms with Gasteiger partial charge in [-0.25, -0.2) is 4.79 Å². The van der Waals surface area contributed by atoms with Crippen molar-refractivity contribution in [1.82, 2.24) is 4.90 Å². The third-order valence-corrected chi connectivity index (χ3v) is 3.15. The number of ether oxygens (including phenoxy) is 1. The second kappa shape index (κ2) is 7.83. The third-order valence-electron chi connectivity index (χ3n) is 2.45. The first-order valence-corrected chi connectivity index (χ1v) is 7.55. The van der Waals surface area contributed by atoms with Gasteiger partial charge in [-0.05, 0) is 5.56 Å². The third kappa shape index (κ3) is 6.50. The van der Waals surface area contributed by atoms with Crippen LogP contribution in [0.1, 0.15) is 5.56 Å². The van der Waals surface area contributed by atoms with E-state index in [0.29, 0.717) is 0 Å². The van der Waals surface area contributed by atoms with Gasteiger partial charge in [0, 0.05) is 13.1 Å². The molecule has 20 heavy (non-hydrogen) atoms. The normalized spacial score (nSPS) is 11.1. The van der Waals surface area contributed by atoms with Crippen molar-refractivity contribution in [1.29, 1.82) is 0 Å². The predicted octanol–water partition coefficient (Wildman–Crippen LogP) is 0.505. The molecule has 0 heterocycles. The monoisotopic (exact) mass is 303 g/mol. The minimum absolute atomic E-state index is 0.0491. The fourth-order valence-electron chi connectivity index (χ4n) is 1.45. The minimum Gasteiger partial charge on any atom is -0.445 e. The summed E-state index contributed by atoms with van der Waals surface area (Å²) in [6.07, 6.45) is -0.744. The second-order valence-corrected chi connectivity index (χ2v) is 5.61. The highest BCUT2D eigenvalue weighted by Gasteiger charge is 2.17. The topological polar surface area (TPSA) is 104 Å². The van der Waals surface area contributed by atoms with Crippen molar-refractivity contribution in [3.05, 3.63) is 35.9 Å². The maximum Gasteiger partial charge on any atom is 0.410 e. The molecule has 1 aromatic carbocycles. The van der Waals surface area contributed by atoms with Gasteiger partial charge in [0.1, 0.15) is 6.61 Å². The molecule has 1 aromatic rings. The molecule has 0 saturated heterocycles. The van der Waals surface area contributed by atoms with Gasteiger partial charge >= 0.3 is 6.09 Å². The summed E-state index contributed by atoms with van der Waals surface area (Å²) in [4.78, 5) is 12.8. The largest absolute Gasteiger partial charge is 0.445 e. The minimum atomic E-state index is -4.17. The summed E-state index contributed by atoms with van der Waals surface area (Å²) in [5.41, 5.74) is 0.791. The summed E-state index contributed by atoms with van der Waals surface area (Å²) in [6, 6.07) is 8.99. The Labute approximate surface area is 117 Å². The van der Waals surface area contributed by atoms with Gasteiger partial charge in [0.15, 0.2) is 0 Å². The molecule has 0 bridgehead atoms.